The van der Waals surface area contributed by atoms with Crippen LogP contribution in [0.15, 0.2) is 0 Å². The number of rotatable bonds is 3. The van der Waals surface area contributed by atoms with Crippen molar-refractivity contribution in [1.82, 2.24) is 10.2 Å². The van der Waals surface area contributed by atoms with Gasteiger partial charge in [0.1, 0.15) is 0 Å². The van der Waals surface area contributed by atoms with Crippen LogP contribution in [0.3, 0.4) is 0 Å². The lowest BCUT2D eigenvalue weighted by Crippen LogP contribution is -2.55. The quantitative estimate of drug-likeness (QED) is 0.612. The minimum absolute atomic E-state index is 0.122. The molecule has 0 spiro atoms. The van der Waals surface area contributed by atoms with Crippen molar-refractivity contribution < 1.29 is 23.9 Å². The van der Waals surface area contributed by atoms with E-state index >= 15 is 0 Å². The number of morpholine rings is 1. The Kier molecular flexibility index (Phi) is 4.89. The summed E-state index contributed by atoms with van der Waals surface area (Å²) in [5.74, 6) is -1.12. The van der Waals surface area contributed by atoms with Crippen LogP contribution in [0.4, 0.5) is 0 Å². The van der Waals surface area contributed by atoms with Crippen molar-refractivity contribution in [2.75, 3.05) is 33.4 Å². The minimum Gasteiger partial charge on any atom is -0.467 e. The molecule has 0 aliphatic carbocycles. The Balaban J connectivity index is 2.60. The van der Waals surface area contributed by atoms with E-state index in [0.717, 1.165) is 0 Å². The summed E-state index contributed by atoms with van der Waals surface area (Å²) < 4.78 is 9.72. The first kappa shape index (κ1) is 13.4. The summed E-state index contributed by atoms with van der Waals surface area (Å²) in [6.45, 7) is 2.02. The molecule has 1 heterocycles. The SMILES string of the molecule is COC(=O)C1COCCN1C(=O)CNC(C)=O. The van der Waals surface area contributed by atoms with E-state index in [1.807, 2.05) is 0 Å². The normalized spacial score (nSPS) is 19.6. The summed E-state index contributed by atoms with van der Waals surface area (Å²) in [5.41, 5.74) is 0. The highest BCUT2D eigenvalue weighted by atomic mass is 16.5. The molecule has 7 heteroatoms. The largest absolute Gasteiger partial charge is 0.467 e. The van der Waals surface area contributed by atoms with Crippen LogP contribution in [-0.4, -0.2) is 62.1 Å². The van der Waals surface area contributed by atoms with E-state index in [1.54, 1.807) is 0 Å². The molecule has 1 fully saturated rings. The topological polar surface area (TPSA) is 84.9 Å². The number of hydrogen-bond donors (Lipinski definition) is 1. The fourth-order valence-corrected chi connectivity index (χ4v) is 1.54. The molecule has 7 nitrogen and oxygen atoms in total. The molecule has 0 aromatic heterocycles. The summed E-state index contributed by atoms with van der Waals surface area (Å²) in [4.78, 5) is 35.3. The zero-order valence-corrected chi connectivity index (χ0v) is 9.89. The van der Waals surface area contributed by atoms with Gasteiger partial charge in [-0.05, 0) is 0 Å². The first-order valence-electron chi connectivity index (χ1n) is 5.25. The summed E-state index contributed by atoms with van der Waals surface area (Å²) in [6.07, 6.45) is 0. The van der Waals surface area contributed by atoms with Crippen LogP contribution in [-0.2, 0) is 23.9 Å². The lowest BCUT2D eigenvalue weighted by molar-refractivity contribution is -0.160. The number of hydrogen-bond acceptors (Lipinski definition) is 5. The molecule has 1 atom stereocenters. The molecule has 0 aromatic rings. The molecule has 2 amide bonds. The summed E-state index contributed by atoms with van der Waals surface area (Å²) in [5, 5.41) is 2.40. The summed E-state index contributed by atoms with van der Waals surface area (Å²) in [6, 6.07) is -0.727. The highest BCUT2D eigenvalue weighted by Crippen LogP contribution is 2.08. The van der Waals surface area contributed by atoms with Gasteiger partial charge < -0.3 is 19.7 Å². The standard InChI is InChI=1S/C10H16N2O5/c1-7(13)11-5-9(14)12-3-4-17-6-8(12)10(15)16-2/h8H,3-6H2,1-2H3,(H,11,13). The monoisotopic (exact) mass is 244 g/mol. The van der Waals surface area contributed by atoms with E-state index in [-0.39, 0.29) is 25.0 Å². The van der Waals surface area contributed by atoms with Crippen LogP contribution < -0.4 is 5.32 Å². The number of nitrogens with one attached hydrogen (secondary N) is 1. The molecular formula is C10H16N2O5. The molecule has 1 rings (SSSR count). The summed E-state index contributed by atoms with van der Waals surface area (Å²) >= 11 is 0. The molecule has 1 aliphatic heterocycles. The molecule has 1 unspecified atom stereocenters. The van der Waals surface area contributed by atoms with Crippen LogP contribution in [0.2, 0.25) is 0 Å². The van der Waals surface area contributed by atoms with Gasteiger partial charge >= 0.3 is 5.97 Å². The third-order valence-electron chi connectivity index (χ3n) is 2.41. The molecule has 1 N–H and O–H groups in total. The van der Waals surface area contributed by atoms with E-state index in [0.29, 0.717) is 13.2 Å². The third kappa shape index (κ3) is 3.70. The number of nitrogens with zero attached hydrogens (tertiary/aromatic N) is 1. The second kappa shape index (κ2) is 6.19. The van der Waals surface area contributed by atoms with Crippen LogP contribution >= 0.6 is 0 Å². The van der Waals surface area contributed by atoms with Crippen molar-refractivity contribution >= 4 is 17.8 Å². The average Bonchev–Trinajstić information content (AvgIpc) is 2.34. The van der Waals surface area contributed by atoms with Crippen molar-refractivity contribution in [3.63, 3.8) is 0 Å². The predicted molar refractivity (Wildman–Crippen MR) is 57.0 cm³/mol. The number of esters is 1. The lowest BCUT2D eigenvalue weighted by Gasteiger charge is -2.33. The Morgan fingerprint density at radius 1 is 1.47 bits per heavy atom. The van der Waals surface area contributed by atoms with Gasteiger partial charge in [0.05, 0.1) is 26.9 Å². The molecule has 96 valence electrons. The zero-order chi connectivity index (χ0) is 12.8. The Bertz CT molecular complexity index is 318. The number of carbonyl (C=O) groups is 3. The van der Waals surface area contributed by atoms with E-state index in [1.165, 1.54) is 18.9 Å². The lowest BCUT2D eigenvalue weighted by atomic mass is 10.2. The van der Waals surface area contributed by atoms with Gasteiger partial charge in [-0.2, -0.15) is 0 Å². The van der Waals surface area contributed by atoms with Gasteiger partial charge in [-0.15, -0.1) is 0 Å². The molecule has 1 aliphatic rings. The fourth-order valence-electron chi connectivity index (χ4n) is 1.54. The van der Waals surface area contributed by atoms with Crippen molar-refractivity contribution in [3.8, 4) is 0 Å². The Labute approximate surface area is 99.0 Å². The molecule has 0 bridgehead atoms. The molecular weight excluding hydrogens is 228 g/mol. The van der Waals surface area contributed by atoms with E-state index in [4.69, 9.17) is 4.74 Å². The maximum atomic E-state index is 11.8. The number of ether oxygens (including phenoxy) is 2. The molecule has 1 saturated heterocycles. The highest BCUT2D eigenvalue weighted by Gasteiger charge is 2.33. The van der Waals surface area contributed by atoms with Gasteiger partial charge in [0.25, 0.3) is 0 Å². The Hall–Kier alpha value is -1.63. The van der Waals surface area contributed by atoms with E-state index in [9.17, 15) is 14.4 Å². The van der Waals surface area contributed by atoms with Gasteiger partial charge in [-0.3, -0.25) is 9.59 Å². The van der Waals surface area contributed by atoms with Gasteiger partial charge in [0.2, 0.25) is 11.8 Å². The Morgan fingerprint density at radius 2 is 2.18 bits per heavy atom. The summed E-state index contributed by atoms with van der Waals surface area (Å²) in [7, 11) is 1.26. The predicted octanol–water partition coefficient (Wildman–Crippen LogP) is -1.48. The second-order valence-corrected chi connectivity index (χ2v) is 3.61. The van der Waals surface area contributed by atoms with E-state index < -0.39 is 12.0 Å². The van der Waals surface area contributed by atoms with Crippen molar-refractivity contribution in [2.24, 2.45) is 0 Å². The maximum absolute atomic E-state index is 11.8. The van der Waals surface area contributed by atoms with Gasteiger partial charge in [0.15, 0.2) is 6.04 Å². The van der Waals surface area contributed by atoms with Crippen LogP contribution in [0, 0.1) is 0 Å². The minimum atomic E-state index is -0.727. The molecule has 17 heavy (non-hydrogen) atoms. The number of amides is 2. The van der Waals surface area contributed by atoms with Gasteiger partial charge in [-0.25, -0.2) is 4.79 Å². The van der Waals surface area contributed by atoms with Gasteiger partial charge in [0, 0.05) is 13.5 Å². The average molecular weight is 244 g/mol. The second-order valence-electron chi connectivity index (χ2n) is 3.61. The van der Waals surface area contributed by atoms with Crippen molar-refractivity contribution in [3.05, 3.63) is 0 Å². The number of methoxy groups -OCH3 is 1. The van der Waals surface area contributed by atoms with Crippen LogP contribution in [0.1, 0.15) is 6.92 Å². The maximum Gasteiger partial charge on any atom is 0.331 e. The first-order chi connectivity index (χ1) is 8.06. The van der Waals surface area contributed by atoms with Crippen LogP contribution in [0.25, 0.3) is 0 Å². The van der Waals surface area contributed by atoms with Crippen LogP contribution in [0.5, 0.6) is 0 Å². The Morgan fingerprint density at radius 3 is 2.76 bits per heavy atom. The van der Waals surface area contributed by atoms with Crippen molar-refractivity contribution in [1.29, 1.82) is 0 Å². The van der Waals surface area contributed by atoms with Crippen molar-refractivity contribution in [2.45, 2.75) is 13.0 Å². The van der Waals surface area contributed by atoms with Gasteiger partial charge in [-0.1, -0.05) is 0 Å². The smallest absolute Gasteiger partial charge is 0.331 e. The molecule has 0 aromatic carbocycles. The molecule has 0 radical (unpaired) electrons. The third-order valence-corrected chi connectivity index (χ3v) is 2.41. The first-order valence-corrected chi connectivity index (χ1v) is 5.25. The van der Waals surface area contributed by atoms with E-state index in [2.05, 4.69) is 10.1 Å². The highest BCUT2D eigenvalue weighted by molar-refractivity contribution is 5.88. The number of carbonyl (C=O) groups excluding carboxylic acids is 3. The fraction of sp³-hybridized carbons (Fsp3) is 0.700. The molecule has 0 saturated carbocycles. The zero-order valence-electron chi connectivity index (χ0n) is 9.89.